The zero-order valence-corrected chi connectivity index (χ0v) is 16.2. The fourth-order valence-electron chi connectivity index (χ4n) is 3.29. The van der Waals surface area contributed by atoms with Gasteiger partial charge in [-0.2, -0.15) is 8.78 Å². The number of carbonyl (C=O) groups excluding carboxylic acids is 1. The van der Waals surface area contributed by atoms with Gasteiger partial charge >= 0.3 is 11.8 Å². The van der Waals surface area contributed by atoms with Crippen molar-refractivity contribution < 1.29 is 18.0 Å². The molecule has 1 amide bonds. The maximum absolute atomic E-state index is 14.4. The number of aryl methyl sites for hydroxylation is 1. The number of benzene rings is 1. The van der Waals surface area contributed by atoms with Crippen molar-refractivity contribution in [1.29, 1.82) is 0 Å². The SMILES string of the molecule is CCc1[nH]c(=O)c(-c2cc(Cl)ccc2F)cc1Nc1ccnc2c1C(F)(F)C(=O)N2. The fourth-order valence-corrected chi connectivity index (χ4v) is 3.46. The number of aromatic amines is 1. The summed E-state index contributed by atoms with van der Waals surface area (Å²) in [5.41, 5.74) is -0.590. The Labute approximate surface area is 173 Å². The van der Waals surface area contributed by atoms with Gasteiger partial charge in [0.15, 0.2) is 0 Å². The van der Waals surface area contributed by atoms with Crippen LogP contribution >= 0.6 is 11.6 Å². The van der Waals surface area contributed by atoms with E-state index in [9.17, 15) is 22.8 Å². The third-order valence-electron chi connectivity index (χ3n) is 4.75. The Kier molecular flexibility index (Phi) is 4.77. The Morgan fingerprint density at radius 1 is 1.13 bits per heavy atom. The first-order valence-corrected chi connectivity index (χ1v) is 9.27. The van der Waals surface area contributed by atoms with Crippen LogP contribution in [0.5, 0.6) is 0 Å². The standard InChI is InChI=1S/C20H14ClF3N4O2/c1-2-13-15(8-11(18(29)27-13)10-7-9(21)3-4-12(10)22)26-14-5-6-25-17-16(14)20(23,24)19(30)28-17/h3-8H,2H2,1H3,(H,27,29)(H2,25,26,28,30). The molecule has 0 saturated heterocycles. The first-order chi connectivity index (χ1) is 14.2. The molecule has 0 bridgehead atoms. The molecule has 154 valence electrons. The van der Waals surface area contributed by atoms with E-state index in [1.54, 1.807) is 6.92 Å². The summed E-state index contributed by atoms with van der Waals surface area (Å²) in [6, 6.07) is 6.43. The minimum atomic E-state index is -3.78. The molecule has 1 aliphatic heterocycles. The zero-order valence-electron chi connectivity index (χ0n) is 15.4. The topological polar surface area (TPSA) is 86.9 Å². The highest BCUT2D eigenvalue weighted by molar-refractivity contribution is 6.30. The van der Waals surface area contributed by atoms with Crippen molar-refractivity contribution in [1.82, 2.24) is 9.97 Å². The van der Waals surface area contributed by atoms with Gasteiger partial charge in [0.1, 0.15) is 11.6 Å². The number of carbonyl (C=O) groups is 1. The van der Waals surface area contributed by atoms with Gasteiger partial charge in [0.05, 0.1) is 22.5 Å². The molecule has 3 N–H and O–H groups in total. The molecule has 0 spiro atoms. The molecule has 2 aromatic heterocycles. The van der Waals surface area contributed by atoms with E-state index in [-0.39, 0.29) is 33.3 Å². The van der Waals surface area contributed by atoms with Crippen molar-refractivity contribution in [2.75, 3.05) is 10.6 Å². The molecule has 30 heavy (non-hydrogen) atoms. The molecule has 3 heterocycles. The van der Waals surface area contributed by atoms with Crippen molar-refractivity contribution in [2.24, 2.45) is 0 Å². The molecule has 4 rings (SSSR count). The Balaban J connectivity index is 1.86. The number of anilines is 3. The molecule has 0 saturated carbocycles. The van der Waals surface area contributed by atoms with Gasteiger partial charge in [-0.05, 0) is 36.8 Å². The van der Waals surface area contributed by atoms with Crippen LogP contribution in [0.25, 0.3) is 11.1 Å². The first-order valence-electron chi connectivity index (χ1n) is 8.89. The number of halogens is 4. The van der Waals surface area contributed by atoms with Crippen molar-refractivity contribution in [3.8, 4) is 11.1 Å². The summed E-state index contributed by atoms with van der Waals surface area (Å²) < 4.78 is 43.1. The molecule has 10 heteroatoms. The van der Waals surface area contributed by atoms with E-state index in [2.05, 4.69) is 15.3 Å². The van der Waals surface area contributed by atoms with Gasteiger partial charge in [-0.25, -0.2) is 9.37 Å². The van der Waals surface area contributed by atoms with Gasteiger partial charge in [0.25, 0.3) is 5.56 Å². The van der Waals surface area contributed by atoms with Gasteiger partial charge in [-0.15, -0.1) is 0 Å². The van der Waals surface area contributed by atoms with E-state index in [4.69, 9.17) is 11.6 Å². The lowest BCUT2D eigenvalue weighted by atomic mass is 10.0. The van der Waals surface area contributed by atoms with Crippen LogP contribution in [0.15, 0.2) is 41.3 Å². The predicted molar refractivity (Wildman–Crippen MR) is 107 cm³/mol. The minimum Gasteiger partial charge on any atom is -0.354 e. The molecule has 1 aromatic carbocycles. The van der Waals surface area contributed by atoms with Gasteiger partial charge in [0, 0.05) is 22.5 Å². The molecule has 0 radical (unpaired) electrons. The molecule has 0 fully saturated rings. The maximum Gasteiger partial charge on any atom is 0.355 e. The second kappa shape index (κ2) is 7.17. The summed E-state index contributed by atoms with van der Waals surface area (Å²) in [5, 5.41) is 5.11. The average Bonchev–Trinajstić information content (AvgIpc) is 2.94. The smallest absolute Gasteiger partial charge is 0.354 e. The van der Waals surface area contributed by atoms with E-state index in [1.165, 1.54) is 30.5 Å². The van der Waals surface area contributed by atoms with Crippen molar-refractivity contribution >= 4 is 34.7 Å². The highest BCUT2D eigenvalue weighted by Crippen LogP contribution is 2.44. The summed E-state index contributed by atoms with van der Waals surface area (Å²) in [6.07, 6.45) is 1.62. The quantitative estimate of drug-likeness (QED) is 0.561. The third kappa shape index (κ3) is 3.21. The maximum atomic E-state index is 14.4. The van der Waals surface area contributed by atoms with Crippen molar-refractivity contribution in [3.05, 3.63) is 69.0 Å². The number of nitrogens with zero attached hydrogens (tertiary/aromatic N) is 1. The molecule has 1 aliphatic rings. The second-order valence-electron chi connectivity index (χ2n) is 6.62. The van der Waals surface area contributed by atoms with E-state index in [0.29, 0.717) is 12.1 Å². The van der Waals surface area contributed by atoms with Crippen LogP contribution < -0.4 is 16.2 Å². The number of amides is 1. The monoisotopic (exact) mass is 434 g/mol. The Hall–Kier alpha value is -3.33. The van der Waals surface area contributed by atoms with E-state index in [1.807, 2.05) is 5.32 Å². The highest BCUT2D eigenvalue weighted by atomic mass is 35.5. The van der Waals surface area contributed by atoms with E-state index in [0.717, 1.165) is 6.07 Å². The predicted octanol–water partition coefficient (Wildman–Crippen LogP) is 4.58. The number of rotatable bonds is 4. The number of H-pyrrole nitrogens is 1. The number of hydrogen-bond donors (Lipinski definition) is 3. The van der Waals surface area contributed by atoms with Gasteiger partial charge in [0.2, 0.25) is 0 Å². The number of fused-ring (bicyclic) bond motifs is 1. The third-order valence-corrected chi connectivity index (χ3v) is 4.98. The van der Waals surface area contributed by atoms with Gasteiger partial charge in [-0.3, -0.25) is 9.59 Å². The number of alkyl halides is 2. The molecular weight excluding hydrogens is 421 g/mol. The second-order valence-corrected chi connectivity index (χ2v) is 7.05. The zero-order chi connectivity index (χ0) is 21.6. The largest absolute Gasteiger partial charge is 0.355 e. The van der Waals surface area contributed by atoms with Crippen LogP contribution in [0.3, 0.4) is 0 Å². The molecule has 3 aromatic rings. The Morgan fingerprint density at radius 2 is 1.90 bits per heavy atom. The van der Waals surface area contributed by atoms with E-state index < -0.39 is 28.8 Å². The molecule has 0 unspecified atom stereocenters. The van der Waals surface area contributed by atoms with Crippen molar-refractivity contribution in [3.63, 3.8) is 0 Å². The summed E-state index contributed by atoms with van der Waals surface area (Å²) in [5.74, 6) is -6.16. The summed E-state index contributed by atoms with van der Waals surface area (Å²) in [7, 11) is 0. The average molecular weight is 435 g/mol. The van der Waals surface area contributed by atoms with E-state index >= 15 is 0 Å². The van der Waals surface area contributed by atoms with Crippen LogP contribution in [0.4, 0.5) is 30.4 Å². The van der Waals surface area contributed by atoms with Gasteiger partial charge in [-0.1, -0.05) is 18.5 Å². The Morgan fingerprint density at radius 3 is 2.63 bits per heavy atom. The van der Waals surface area contributed by atoms with Crippen LogP contribution in [-0.4, -0.2) is 15.9 Å². The highest BCUT2D eigenvalue weighted by Gasteiger charge is 2.51. The number of aromatic nitrogens is 2. The molecule has 0 atom stereocenters. The minimum absolute atomic E-state index is 0.0265. The van der Waals surface area contributed by atoms with Crippen LogP contribution in [0, 0.1) is 5.82 Å². The van der Waals surface area contributed by atoms with Crippen LogP contribution in [-0.2, 0) is 17.1 Å². The van der Waals surface area contributed by atoms with Gasteiger partial charge < -0.3 is 15.6 Å². The lowest BCUT2D eigenvalue weighted by molar-refractivity contribution is -0.139. The van der Waals surface area contributed by atoms with Crippen molar-refractivity contribution in [2.45, 2.75) is 19.3 Å². The molecule has 0 aliphatic carbocycles. The summed E-state index contributed by atoms with van der Waals surface area (Å²) in [4.78, 5) is 30.5. The molecular formula is C20H14ClF3N4O2. The molecule has 6 nitrogen and oxygen atoms in total. The number of hydrogen-bond acceptors (Lipinski definition) is 4. The van der Waals surface area contributed by atoms with Crippen LogP contribution in [0.2, 0.25) is 5.02 Å². The first kappa shape index (κ1) is 20.0. The summed E-state index contributed by atoms with van der Waals surface area (Å²) >= 11 is 5.93. The number of pyridine rings is 2. The summed E-state index contributed by atoms with van der Waals surface area (Å²) in [6.45, 7) is 1.76. The Bertz CT molecular complexity index is 1240. The lowest BCUT2D eigenvalue weighted by Crippen LogP contribution is -2.24. The fraction of sp³-hybridized carbons (Fsp3) is 0.150. The number of nitrogens with one attached hydrogen (secondary N) is 3. The van der Waals surface area contributed by atoms with Crippen LogP contribution in [0.1, 0.15) is 18.2 Å². The lowest BCUT2D eigenvalue weighted by Gasteiger charge is -2.17. The normalized spacial score (nSPS) is 14.4.